The van der Waals surface area contributed by atoms with Gasteiger partial charge in [-0.15, -0.1) is 11.8 Å². The van der Waals surface area contributed by atoms with Gasteiger partial charge in [0.05, 0.1) is 15.8 Å². The van der Waals surface area contributed by atoms with E-state index < -0.39 is 6.04 Å². The number of nitrogens with one attached hydrogen (secondary N) is 1. The fourth-order valence-electron chi connectivity index (χ4n) is 4.32. The van der Waals surface area contributed by atoms with Gasteiger partial charge in [0.15, 0.2) is 0 Å². The molecule has 1 fully saturated rings. The van der Waals surface area contributed by atoms with Gasteiger partial charge in [0.25, 0.3) is 0 Å². The van der Waals surface area contributed by atoms with E-state index in [1.165, 1.54) is 17.5 Å². The first-order valence-corrected chi connectivity index (χ1v) is 14.0. The van der Waals surface area contributed by atoms with E-state index in [-0.39, 0.29) is 17.9 Å². The van der Waals surface area contributed by atoms with Crippen LogP contribution in [0.3, 0.4) is 0 Å². The molecule has 0 spiro atoms. The quantitative estimate of drug-likeness (QED) is 0.375. The molecule has 184 valence electrons. The summed E-state index contributed by atoms with van der Waals surface area (Å²) in [7, 11) is 0. The van der Waals surface area contributed by atoms with Crippen LogP contribution in [0.4, 0.5) is 0 Å². The minimum absolute atomic E-state index is 0.0474. The van der Waals surface area contributed by atoms with Crippen molar-refractivity contribution in [3.05, 3.63) is 69.2 Å². The molecule has 0 aromatic heterocycles. The van der Waals surface area contributed by atoms with Gasteiger partial charge in [0.1, 0.15) is 6.04 Å². The summed E-state index contributed by atoms with van der Waals surface area (Å²) in [6.07, 6.45) is 6.08. The topological polar surface area (TPSA) is 49.4 Å². The maximum absolute atomic E-state index is 13.4. The molecule has 3 rings (SSSR count). The summed E-state index contributed by atoms with van der Waals surface area (Å²) in [5.41, 5.74) is 3.25. The zero-order valence-corrected chi connectivity index (χ0v) is 22.3. The Labute approximate surface area is 217 Å². The number of aryl methyl sites for hydroxylation is 1. The van der Waals surface area contributed by atoms with Crippen molar-refractivity contribution in [2.45, 2.75) is 76.8 Å². The predicted octanol–water partition coefficient (Wildman–Crippen LogP) is 6.79. The van der Waals surface area contributed by atoms with Crippen LogP contribution >= 0.6 is 35.0 Å². The number of amides is 2. The smallest absolute Gasteiger partial charge is 0.243 e. The molecule has 0 unspecified atom stereocenters. The normalized spacial score (nSPS) is 15.1. The molecule has 0 saturated heterocycles. The van der Waals surface area contributed by atoms with E-state index in [0.717, 1.165) is 37.0 Å². The molecule has 1 atom stereocenters. The second-order valence-corrected chi connectivity index (χ2v) is 10.8. The molecule has 1 aliphatic carbocycles. The molecule has 2 amide bonds. The number of hydrogen-bond acceptors (Lipinski definition) is 3. The van der Waals surface area contributed by atoms with Crippen molar-refractivity contribution in [3.8, 4) is 0 Å². The van der Waals surface area contributed by atoms with Crippen LogP contribution in [0.2, 0.25) is 10.0 Å². The standard InChI is InChI=1S/C27H34Cl2N2O2S/c1-3-25(27(33)30-22-7-5-4-6-8-22)31(16-21-13-14-23(28)24(29)15-21)26(32)18-34-17-20-11-9-19(2)10-12-20/h9-15,22,25H,3-8,16-18H2,1-2H3,(H,30,33)/t25-/m0/s1. The highest BCUT2D eigenvalue weighted by molar-refractivity contribution is 7.99. The van der Waals surface area contributed by atoms with E-state index in [1.54, 1.807) is 28.8 Å². The number of nitrogens with zero attached hydrogens (tertiary/aromatic N) is 1. The molecule has 34 heavy (non-hydrogen) atoms. The molecule has 4 nitrogen and oxygen atoms in total. The number of carbonyl (C=O) groups is 2. The van der Waals surface area contributed by atoms with Gasteiger partial charge in [-0.3, -0.25) is 9.59 Å². The first kappa shape index (κ1) is 26.9. The highest BCUT2D eigenvalue weighted by atomic mass is 35.5. The zero-order chi connectivity index (χ0) is 24.5. The Bertz CT molecular complexity index is 962. The monoisotopic (exact) mass is 520 g/mol. The Morgan fingerprint density at radius 3 is 2.35 bits per heavy atom. The van der Waals surface area contributed by atoms with E-state index in [2.05, 4.69) is 36.5 Å². The molecule has 0 radical (unpaired) electrons. The maximum Gasteiger partial charge on any atom is 0.243 e. The van der Waals surface area contributed by atoms with Gasteiger partial charge in [0, 0.05) is 18.3 Å². The Morgan fingerprint density at radius 1 is 1.03 bits per heavy atom. The summed E-state index contributed by atoms with van der Waals surface area (Å²) in [5, 5.41) is 4.13. The lowest BCUT2D eigenvalue weighted by Gasteiger charge is -2.33. The molecular weight excluding hydrogens is 487 g/mol. The fourth-order valence-corrected chi connectivity index (χ4v) is 5.51. The third-order valence-electron chi connectivity index (χ3n) is 6.29. The van der Waals surface area contributed by atoms with Crippen LogP contribution in [0.1, 0.15) is 62.1 Å². The summed E-state index contributed by atoms with van der Waals surface area (Å²) in [5.74, 6) is 0.945. The molecule has 2 aromatic carbocycles. The minimum atomic E-state index is -0.524. The lowest BCUT2D eigenvalue weighted by atomic mass is 9.95. The van der Waals surface area contributed by atoms with Gasteiger partial charge in [-0.2, -0.15) is 0 Å². The van der Waals surface area contributed by atoms with Gasteiger partial charge in [-0.1, -0.05) is 85.3 Å². The second-order valence-electron chi connectivity index (χ2n) is 9.02. The van der Waals surface area contributed by atoms with Gasteiger partial charge in [0.2, 0.25) is 11.8 Å². The molecular formula is C27H34Cl2N2O2S. The Kier molecular flexibility index (Phi) is 10.6. The van der Waals surface area contributed by atoms with Crippen LogP contribution in [-0.4, -0.2) is 34.6 Å². The molecule has 0 bridgehead atoms. The van der Waals surface area contributed by atoms with E-state index >= 15 is 0 Å². The average Bonchev–Trinajstić information content (AvgIpc) is 2.83. The summed E-state index contributed by atoms with van der Waals surface area (Å²) < 4.78 is 0. The van der Waals surface area contributed by atoms with Crippen LogP contribution in [0, 0.1) is 6.92 Å². The molecule has 1 aliphatic rings. The third kappa shape index (κ3) is 7.93. The van der Waals surface area contributed by atoms with Gasteiger partial charge < -0.3 is 10.2 Å². The Hall–Kier alpha value is -1.69. The van der Waals surface area contributed by atoms with Gasteiger partial charge in [-0.25, -0.2) is 0 Å². The largest absolute Gasteiger partial charge is 0.352 e. The van der Waals surface area contributed by atoms with Crippen LogP contribution in [0.5, 0.6) is 0 Å². The van der Waals surface area contributed by atoms with Crippen molar-refractivity contribution in [1.82, 2.24) is 10.2 Å². The van der Waals surface area contributed by atoms with E-state index in [1.807, 2.05) is 13.0 Å². The van der Waals surface area contributed by atoms with Crippen molar-refractivity contribution in [2.75, 3.05) is 5.75 Å². The number of halogens is 2. The molecule has 2 aromatic rings. The molecule has 7 heteroatoms. The second kappa shape index (κ2) is 13.4. The number of benzene rings is 2. The molecule has 0 aliphatic heterocycles. The number of carbonyl (C=O) groups excluding carboxylic acids is 2. The molecule has 0 heterocycles. The first-order valence-electron chi connectivity index (χ1n) is 12.0. The Morgan fingerprint density at radius 2 is 1.71 bits per heavy atom. The summed E-state index contributed by atoms with van der Waals surface area (Å²) in [6, 6.07) is 13.4. The lowest BCUT2D eigenvalue weighted by molar-refractivity contribution is -0.139. The number of thioether (sulfide) groups is 1. The van der Waals surface area contributed by atoms with Crippen molar-refractivity contribution in [2.24, 2.45) is 0 Å². The van der Waals surface area contributed by atoms with E-state index in [4.69, 9.17) is 23.2 Å². The average molecular weight is 522 g/mol. The highest BCUT2D eigenvalue weighted by Crippen LogP contribution is 2.25. The van der Waals surface area contributed by atoms with Crippen LogP contribution < -0.4 is 5.32 Å². The predicted molar refractivity (Wildman–Crippen MR) is 143 cm³/mol. The van der Waals surface area contributed by atoms with E-state index in [0.29, 0.717) is 28.8 Å². The third-order valence-corrected chi connectivity index (χ3v) is 8.02. The minimum Gasteiger partial charge on any atom is -0.352 e. The summed E-state index contributed by atoms with van der Waals surface area (Å²) in [4.78, 5) is 28.4. The SMILES string of the molecule is CC[C@@H](C(=O)NC1CCCCC1)N(Cc1ccc(Cl)c(Cl)c1)C(=O)CSCc1ccc(C)cc1. The number of rotatable bonds is 10. The van der Waals surface area contributed by atoms with Gasteiger partial charge in [-0.05, 0) is 49.4 Å². The van der Waals surface area contributed by atoms with Crippen molar-refractivity contribution in [3.63, 3.8) is 0 Å². The number of hydrogen-bond donors (Lipinski definition) is 1. The van der Waals surface area contributed by atoms with E-state index in [9.17, 15) is 9.59 Å². The summed E-state index contributed by atoms with van der Waals surface area (Å²) in [6.45, 7) is 4.34. The van der Waals surface area contributed by atoms with Crippen molar-refractivity contribution >= 4 is 46.8 Å². The summed E-state index contributed by atoms with van der Waals surface area (Å²) >= 11 is 13.9. The maximum atomic E-state index is 13.4. The lowest BCUT2D eigenvalue weighted by Crippen LogP contribution is -2.52. The molecule has 1 saturated carbocycles. The highest BCUT2D eigenvalue weighted by Gasteiger charge is 2.30. The fraction of sp³-hybridized carbons (Fsp3) is 0.481. The molecule has 1 N–H and O–H groups in total. The van der Waals surface area contributed by atoms with Crippen molar-refractivity contribution in [1.29, 1.82) is 0 Å². The zero-order valence-electron chi connectivity index (χ0n) is 20.0. The first-order chi connectivity index (χ1) is 16.4. The van der Waals surface area contributed by atoms with Crippen LogP contribution in [0.15, 0.2) is 42.5 Å². The van der Waals surface area contributed by atoms with Crippen LogP contribution in [-0.2, 0) is 21.9 Å². The van der Waals surface area contributed by atoms with Crippen LogP contribution in [0.25, 0.3) is 0 Å². The van der Waals surface area contributed by atoms with Gasteiger partial charge >= 0.3 is 0 Å². The van der Waals surface area contributed by atoms with Crippen molar-refractivity contribution < 1.29 is 9.59 Å². The Balaban J connectivity index is 1.71.